The van der Waals surface area contributed by atoms with Crippen LogP contribution in [0.4, 0.5) is 20.4 Å². The van der Waals surface area contributed by atoms with Gasteiger partial charge in [-0.15, -0.1) is 0 Å². The molecule has 18 nitrogen and oxygen atoms in total. The zero-order chi connectivity index (χ0) is 31.8. The lowest BCUT2D eigenvalue weighted by atomic mass is 10.1. The van der Waals surface area contributed by atoms with Crippen molar-refractivity contribution in [3.05, 3.63) is 41.0 Å². The summed E-state index contributed by atoms with van der Waals surface area (Å²) in [7, 11) is -5.10. The van der Waals surface area contributed by atoms with Gasteiger partial charge in [-0.25, -0.2) is 27.9 Å². The van der Waals surface area contributed by atoms with Crippen molar-refractivity contribution in [2.24, 2.45) is 0 Å². The van der Waals surface area contributed by atoms with Crippen molar-refractivity contribution in [3.63, 3.8) is 0 Å². The molecule has 6 N–H and O–H groups in total. The van der Waals surface area contributed by atoms with Crippen LogP contribution in [-0.4, -0.2) is 77.8 Å². The Balaban J connectivity index is 1.19. The maximum absolute atomic E-state index is 15.8. The second kappa shape index (κ2) is 11.1. The Morgan fingerprint density at radius 3 is 2.64 bits per heavy atom. The highest BCUT2D eigenvalue weighted by Crippen LogP contribution is 2.58. The topological polar surface area (TPSA) is 243 Å². The van der Waals surface area contributed by atoms with E-state index in [2.05, 4.69) is 32.2 Å². The molecule has 242 valence electrons. The molecule has 3 fully saturated rings. The minimum absolute atomic E-state index is 0.0517. The van der Waals surface area contributed by atoms with Gasteiger partial charge in [-0.3, -0.25) is 32.4 Å². The number of imidazole rings is 1. The maximum Gasteiger partial charge on any atom is 0.472 e. The minimum Gasteiger partial charge on any atom is -0.398 e. The molecule has 2 bridgehead atoms. The summed E-state index contributed by atoms with van der Waals surface area (Å²) < 4.78 is 92.6. The Morgan fingerprint density at radius 2 is 1.84 bits per heavy atom. The third-order valence-corrected chi connectivity index (χ3v) is 10.1. The Hall–Kier alpha value is -2.97. The molecule has 0 saturated carbocycles. The zero-order valence-corrected chi connectivity index (χ0v) is 25.3. The Labute approximate surface area is 255 Å². The first-order valence-electron chi connectivity index (χ1n) is 13.2. The molecule has 0 spiro atoms. The van der Waals surface area contributed by atoms with E-state index in [4.69, 9.17) is 39.0 Å². The van der Waals surface area contributed by atoms with E-state index in [0.717, 1.165) is 17.1 Å². The van der Waals surface area contributed by atoms with Crippen LogP contribution in [0.3, 0.4) is 0 Å². The van der Waals surface area contributed by atoms with Crippen molar-refractivity contribution in [2.45, 2.75) is 49.5 Å². The fraction of sp³-hybridized carbons (Fsp3) is 0.455. The molecular weight excluding hydrogens is 668 g/mol. The molecule has 0 radical (unpaired) electrons. The molecule has 4 aromatic rings. The van der Waals surface area contributed by atoms with Crippen LogP contribution >= 0.6 is 26.9 Å². The van der Waals surface area contributed by atoms with Crippen molar-refractivity contribution in [3.8, 4) is 0 Å². The molecule has 3 aliphatic rings. The predicted molar refractivity (Wildman–Crippen MR) is 152 cm³/mol. The van der Waals surface area contributed by atoms with Gasteiger partial charge < -0.3 is 30.4 Å². The normalized spacial score (nSPS) is 36.0. The number of phosphoric ester groups is 1. The zero-order valence-electron chi connectivity index (χ0n) is 22.6. The van der Waals surface area contributed by atoms with E-state index in [-0.39, 0.29) is 40.3 Å². The standard InChI is InChI=1S/C22H24F2N8O10P2S/c23-8-4-31(18-14(8)9(25)1-2-27-18)13-3-10-11(39-13)5-37-43(34,35)42-17-15(24)12(6-38-44(36,45)41-10)40-21(17)32-7-28-16-19(32)29-22(26)30-20(16)33/h1-2,4,7,10-13,15,17,21H,3,5-6H2,(H2,25,27)(H,34,35)(H,36,45)(H3,26,29,30,33)/t10-,11+,12+,13+,15+,17+,21+,44?/m0/s1. The number of nitrogens with two attached hydrogens (primary N) is 2. The monoisotopic (exact) mass is 692 g/mol. The molecule has 45 heavy (non-hydrogen) atoms. The molecule has 3 aliphatic heterocycles. The summed E-state index contributed by atoms with van der Waals surface area (Å²) in [6.07, 6.45) is -6.95. The molecule has 2 unspecified atom stereocenters. The van der Waals surface area contributed by atoms with Gasteiger partial charge in [0.25, 0.3) is 5.56 Å². The van der Waals surface area contributed by atoms with E-state index in [0.29, 0.717) is 0 Å². The number of hydrogen-bond acceptors (Lipinski definition) is 14. The number of rotatable bonds is 2. The highest BCUT2D eigenvalue weighted by Gasteiger charge is 2.52. The predicted octanol–water partition coefficient (Wildman–Crippen LogP) is 1.95. The first-order chi connectivity index (χ1) is 21.3. The second-order valence-electron chi connectivity index (χ2n) is 10.4. The van der Waals surface area contributed by atoms with Crippen molar-refractivity contribution < 1.29 is 50.4 Å². The summed E-state index contributed by atoms with van der Waals surface area (Å²) in [5.41, 5.74) is 10.8. The van der Waals surface area contributed by atoms with Crippen molar-refractivity contribution >= 4 is 60.7 Å². The molecule has 3 saturated heterocycles. The molecule has 0 amide bonds. The third kappa shape index (κ3) is 5.56. The van der Waals surface area contributed by atoms with E-state index in [1.54, 1.807) is 0 Å². The van der Waals surface area contributed by atoms with Crippen LogP contribution in [0.2, 0.25) is 0 Å². The first-order valence-corrected chi connectivity index (χ1v) is 17.4. The number of nitrogens with zero attached hydrogens (tertiary/aromatic N) is 5. The number of nitrogen functional groups attached to an aromatic ring is 2. The number of aromatic amines is 1. The van der Waals surface area contributed by atoms with Crippen molar-refractivity contribution in [1.29, 1.82) is 0 Å². The van der Waals surface area contributed by atoms with E-state index in [1.807, 2.05) is 0 Å². The Morgan fingerprint density at radius 1 is 1.07 bits per heavy atom. The van der Waals surface area contributed by atoms with E-state index >= 15 is 4.39 Å². The summed E-state index contributed by atoms with van der Waals surface area (Å²) in [5, 5.41) is 0.0517. The number of anilines is 2. The highest BCUT2D eigenvalue weighted by atomic mass is 32.7. The van der Waals surface area contributed by atoms with Crippen molar-refractivity contribution in [2.75, 3.05) is 24.7 Å². The van der Waals surface area contributed by atoms with Crippen LogP contribution in [0.1, 0.15) is 18.9 Å². The molecule has 9 atom stereocenters. The quantitative estimate of drug-likeness (QED) is 0.149. The number of pyridine rings is 1. The van der Waals surface area contributed by atoms with E-state index in [9.17, 15) is 23.2 Å². The van der Waals surface area contributed by atoms with Crippen LogP contribution in [-0.2, 0) is 36.7 Å². The first kappa shape index (κ1) is 30.7. The summed E-state index contributed by atoms with van der Waals surface area (Å²) >= 11 is 4.02. The van der Waals surface area contributed by atoms with Gasteiger partial charge in [-0.05, 0) is 6.07 Å². The summed E-state index contributed by atoms with van der Waals surface area (Å²) in [5.74, 6) is -0.957. The van der Waals surface area contributed by atoms with Gasteiger partial charge in [-0.1, -0.05) is 12.2 Å². The van der Waals surface area contributed by atoms with Gasteiger partial charge in [0, 0.05) is 24.5 Å². The number of nitrogens with one attached hydrogen (secondary N) is 1. The van der Waals surface area contributed by atoms with Crippen LogP contribution < -0.4 is 17.0 Å². The summed E-state index contributed by atoms with van der Waals surface area (Å²) in [4.78, 5) is 37.3. The van der Waals surface area contributed by atoms with Gasteiger partial charge >= 0.3 is 14.6 Å². The Kier molecular flexibility index (Phi) is 7.55. The van der Waals surface area contributed by atoms with Gasteiger partial charge in [0.15, 0.2) is 29.4 Å². The molecular formula is C22H24F2N8O10P2S. The molecule has 7 rings (SSSR count). The lowest BCUT2D eigenvalue weighted by Crippen LogP contribution is -2.32. The molecule has 0 aromatic carbocycles. The fourth-order valence-electron chi connectivity index (χ4n) is 5.52. The summed E-state index contributed by atoms with van der Waals surface area (Å²) in [6, 6.07) is 1.43. The number of hydrogen-bond donors (Lipinski definition) is 5. The average molecular weight is 692 g/mol. The second-order valence-corrected chi connectivity index (χ2v) is 14.7. The molecule has 23 heteroatoms. The fourth-order valence-corrected chi connectivity index (χ4v) is 7.97. The number of alkyl halides is 1. The van der Waals surface area contributed by atoms with Crippen LogP contribution in [0.15, 0.2) is 29.6 Å². The van der Waals surface area contributed by atoms with Crippen molar-refractivity contribution in [1.82, 2.24) is 29.1 Å². The van der Waals surface area contributed by atoms with Crippen LogP contribution in [0, 0.1) is 5.82 Å². The number of thiol groups is 1. The van der Waals surface area contributed by atoms with Crippen LogP contribution in [0.25, 0.3) is 22.2 Å². The minimum atomic E-state index is -5.10. The average Bonchev–Trinajstić information content (AvgIpc) is 3.71. The SMILES string of the molecule is Nc1nc2c(ncn2[C@@H]2O[C@@H]3COP(=O)(S)O[C@H]4C[C@H](n5cc(F)c6c(N)ccnc65)O[C@@H]4COP(=O)(O)O[C@@H]2[C@@H]3F)c(=O)[nH]1. The lowest BCUT2D eigenvalue weighted by Gasteiger charge is -2.25. The lowest BCUT2D eigenvalue weighted by molar-refractivity contribution is -0.0625. The molecule has 0 aliphatic carbocycles. The van der Waals surface area contributed by atoms with Gasteiger partial charge in [0.1, 0.15) is 36.3 Å². The number of ether oxygens (including phenoxy) is 2. The molecule has 7 heterocycles. The smallest absolute Gasteiger partial charge is 0.398 e. The number of phosphoric acid groups is 1. The number of halogens is 2. The van der Waals surface area contributed by atoms with Gasteiger partial charge in [0.2, 0.25) is 5.95 Å². The number of aromatic nitrogens is 6. The number of H-pyrrole nitrogens is 1. The summed E-state index contributed by atoms with van der Waals surface area (Å²) in [6.45, 7) is -5.69. The highest BCUT2D eigenvalue weighted by molar-refractivity contribution is 8.44. The molecule has 4 aromatic heterocycles. The van der Waals surface area contributed by atoms with Gasteiger partial charge in [0.05, 0.1) is 24.9 Å². The Bertz CT molecular complexity index is 1960. The van der Waals surface area contributed by atoms with E-state index in [1.165, 1.54) is 16.8 Å². The number of fused-ring (bicyclic) bond motifs is 5. The van der Waals surface area contributed by atoms with Gasteiger partial charge in [-0.2, -0.15) is 4.98 Å². The van der Waals surface area contributed by atoms with E-state index < -0.39 is 82.3 Å². The third-order valence-electron chi connectivity index (χ3n) is 7.51. The largest absolute Gasteiger partial charge is 0.472 e. The van der Waals surface area contributed by atoms with Crippen LogP contribution in [0.5, 0.6) is 0 Å². The maximum atomic E-state index is 15.8.